The van der Waals surface area contributed by atoms with E-state index < -0.39 is 0 Å². The van der Waals surface area contributed by atoms with E-state index in [1.807, 2.05) is 18.2 Å². The highest BCUT2D eigenvalue weighted by molar-refractivity contribution is 5.75. The zero-order valence-corrected chi connectivity index (χ0v) is 11.5. The fourth-order valence-corrected chi connectivity index (χ4v) is 2.54. The van der Waals surface area contributed by atoms with E-state index in [4.69, 9.17) is 15.9 Å². The second-order valence-corrected chi connectivity index (χ2v) is 5.25. The molecule has 1 fully saturated rings. The molecule has 5 nitrogen and oxygen atoms in total. The Bertz CT molecular complexity index is 453. The van der Waals surface area contributed by atoms with Gasteiger partial charge in [0.25, 0.3) is 0 Å². The maximum atomic E-state index is 12.0. The van der Waals surface area contributed by atoms with Gasteiger partial charge in [0.1, 0.15) is 5.75 Å². The van der Waals surface area contributed by atoms with Crippen molar-refractivity contribution in [3.63, 3.8) is 0 Å². The van der Waals surface area contributed by atoms with Gasteiger partial charge in [-0.15, -0.1) is 0 Å². The van der Waals surface area contributed by atoms with Gasteiger partial charge in [-0.1, -0.05) is 18.2 Å². The van der Waals surface area contributed by atoms with E-state index in [-0.39, 0.29) is 17.8 Å². The third-order valence-electron chi connectivity index (χ3n) is 3.72. The molecule has 0 radical (unpaired) electrons. The van der Waals surface area contributed by atoms with Gasteiger partial charge in [-0.2, -0.15) is 0 Å². The molecule has 4 N–H and O–H groups in total. The molecule has 1 aliphatic carbocycles. The van der Waals surface area contributed by atoms with E-state index in [0.717, 1.165) is 32.2 Å². The van der Waals surface area contributed by atoms with Crippen molar-refractivity contribution < 1.29 is 9.53 Å². The average molecular weight is 275 g/mol. The van der Waals surface area contributed by atoms with Gasteiger partial charge in [0.2, 0.25) is 0 Å². The molecule has 0 amide bonds. The van der Waals surface area contributed by atoms with Crippen LogP contribution in [0, 0.1) is 17.2 Å². The topological polar surface area (TPSA) is 88.2 Å². The van der Waals surface area contributed by atoms with Crippen LogP contribution in [0.25, 0.3) is 0 Å². The molecule has 0 saturated heterocycles. The lowest BCUT2D eigenvalue weighted by Crippen LogP contribution is -2.36. The normalized spacial score (nSPS) is 22.0. The predicted molar refractivity (Wildman–Crippen MR) is 77.4 cm³/mol. The first-order valence-corrected chi connectivity index (χ1v) is 7.00. The van der Waals surface area contributed by atoms with Crippen molar-refractivity contribution in [2.24, 2.45) is 17.6 Å². The monoisotopic (exact) mass is 275 g/mol. The minimum absolute atomic E-state index is 0.00982. The van der Waals surface area contributed by atoms with Crippen molar-refractivity contribution in [2.45, 2.75) is 25.7 Å². The molecule has 20 heavy (non-hydrogen) atoms. The van der Waals surface area contributed by atoms with Crippen LogP contribution in [0.15, 0.2) is 30.3 Å². The van der Waals surface area contributed by atoms with Crippen molar-refractivity contribution in [2.75, 3.05) is 6.54 Å². The molecule has 2 rings (SSSR count). The smallest absolute Gasteiger partial charge is 0.314 e. The van der Waals surface area contributed by atoms with Crippen molar-refractivity contribution >= 4 is 11.9 Å². The molecule has 0 bridgehead atoms. The zero-order valence-electron chi connectivity index (χ0n) is 11.5. The quantitative estimate of drug-likeness (QED) is 0.339. The Balaban J connectivity index is 1.76. The summed E-state index contributed by atoms with van der Waals surface area (Å²) >= 11 is 0. The Kier molecular flexibility index (Phi) is 4.98. The maximum absolute atomic E-state index is 12.0. The van der Waals surface area contributed by atoms with Crippen molar-refractivity contribution in [1.82, 2.24) is 5.32 Å². The molecule has 1 saturated carbocycles. The number of ether oxygens (including phenoxy) is 1. The van der Waals surface area contributed by atoms with Crippen LogP contribution in [-0.2, 0) is 4.79 Å². The average Bonchev–Trinajstić information content (AvgIpc) is 2.46. The number of benzene rings is 1. The molecule has 0 heterocycles. The highest BCUT2D eigenvalue weighted by Crippen LogP contribution is 2.29. The largest absolute Gasteiger partial charge is 0.426 e. The predicted octanol–water partition coefficient (Wildman–Crippen LogP) is 1.88. The van der Waals surface area contributed by atoms with Gasteiger partial charge in [0.05, 0.1) is 5.92 Å². The summed E-state index contributed by atoms with van der Waals surface area (Å²) in [5.41, 5.74) is 5.27. The molecule has 1 aromatic rings. The highest BCUT2D eigenvalue weighted by Gasteiger charge is 2.27. The van der Waals surface area contributed by atoms with Gasteiger partial charge in [-0.25, -0.2) is 0 Å². The van der Waals surface area contributed by atoms with Crippen LogP contribution in [-0.4, -0.2) is 18.5 Å². The van der Waals surface area contributed by atoms with E-state index in [0.29, 0.717) is 11.7 Å². The van der Waals surface area contributed by atoms with Crippen LogP contribution >= 0.6 is 0 Å². The molecule has 0 spiro atoms. The molecular formula is C15H21N3O2. The van der Waals surface area contributed by atoms with Gasteiger partial charge >= 0.3 is 5.97 Å². The molecule has 0 aliphatic heterocycles. The highest BCUT2D eigenvalue weighted by atomic mass is 16.5. The summed E-state index contributed by atoms with van der Waals surface area (Å²) < 4.78 is 5.38. The standard InChI is InChI=1S/C15H21N3O2/c16-15(17)18-10-11-6-8-12(9-7-11)14(19)20-13-4-2-1-3-5-13/h1-5,11-12H,6-10H2,(H4,16,17,18)/t11-,12-. The van der Waals surface area contributed by atoms with Crippen LogP contribution in [0.2, 0.25) is 0 Å². The lowest BCUT2D eigenvalue weighted by atomic mass is 9.82. The second kappa shape index (κ2) is 6.93. The Morgan fingerprint density at radius 1 is 1.25 bits per heavy atom. The molecule has 0 atom stereocenters. The lowest BCUT2D eigenvalue weighted by Gasteiger charge is -2.27. The first kappa shape index (κ1) is 14.4. The summed E-state index contributed by atoms with van der Waals surface area (Å²) in [4.78, 5) is 12.0. The zero-order chi connectivity index (χ0) is 14.4. The van der Waals surface area contributed by atoms with Crippen LogP contribution in [0.3, 0.4) is 0 Å². The third-order valence-corrected chi connectivity index (χ3v) is 3.72. The van der Waals surface area contributed by atoms with E-state index >= 15 is 0 Å². The van der Waals surface area contributed by atoms with Gasteiger partial charge in [0.15, 0.2) is 5.96 Å². The first-order chi connectivity index (χ1) is 9.65. The molecule has 1 aromatic carbocycles. The van der Waals surface area contributed by atoms with Crippen LogP contribution in [0.4, 0.5) is 0 Å². The third kappa shape index (κ3) is 4.26. The number of hydrogen-bond donors (Lipinski definition) is 3. The number of carbonyl (C=O) groups excluding carboxylic acids is 1. The number of hydrogen-bond acceptors (Lipinski definition) is 3. The number of para-hydroxylation sites is 1. The van der Waals surface area contributed by atoms with Gasteiger partial charge in [-0.05, 0) is 43.7 Å². The second-order valence-electron chi connectivity index (χ2n) is 5.25. The molecule has 5 heteroatoms. The van der Waals surface area contributed by atoms with Gasteiger partial charge in [0, 0.05) is 6.54 Å². The molecule has 0 unspecified atom stereocenters. The fourth-order valence-electron chi connectivity index (χ4n) is 2.54. The molecule has 108 valence electrons. The fraction of sp³-hybridized carbons (Fsp3) is 0.467. The summed E-state index contributed by atoms with van der Waals surface area (Å²) in [6, 6.07) is 9.19. The summed E-state index contributed by atoms with van der Waals surface area (Å²) in [5.74, 6) is 0.964. The van der Waals surface area contributed by atoms with Crippen molar-refractivity contribution in [1.29, 1.82) is 5.41 Å². The van der Waals surface area contributed by atoms with E-state index in [1.165, 1.54) is 0 Å². The Morgan fingerprint density at radius 2 is 1.90 bits per heavy atom. The number of carbonyl (C=O) groups is 1. The number of nitrogens with one attached hydrogen (secondary N) is 2. The first-order valence-electron chi connectivity index (χ1n) is 7.00. The number of rotatable bonds is 4. The summed E-state index contributed by atoms with van der Waals surface area (Å²) in [5, 5.41) is 9.98. The number of esters is 1. The van der Waals surface area contributed by atoms with E-state index in [2.05, 4.69) is 5.32 Å². The number of guanidine groups is 1. The molecular weight excluding hydrogens is 254 g/mol. The lowest BCUT2D eigenvalue weighted by molar-refractivity contribution is -0.140. The number of nitrogens with two attached hydrogens (primary N) is 1. The Morgan fingerprint density at radius 3 is 2.50 bits per heavy atom. The maximum Gasteiger partial charge on any atom is 0.314 e. The van der Waals surface area contributed by atoms with Gasteiger partial charge < -0.3 is 15.8 Å². The SMILES string of the molecule is N=C(N)NC[C@H]1CC[C@H](C(=O)Oc2ccccc2)CC1. The van der Waals surface area contributed by atoms with E-state index in [9.17, 15) is 4.79 Å². The summed E-state index contributed by atoms with van der Waals surface area (Å²) in [6.45, 7) is 0.718. The Hall–Kier alpha value is -2.04. The summed E-state index contributed by atoms with van der Waals surface area (Å²) in [6.07, 6.45) is 3.62. The van der Waals surface area contributed by atoms with E-state index in [1.54, 1.807) is 12.1 Å². The molecule has 0 aromatic heterocycles. The van der Waals surface area contributed by atoms with Crippen molar-refractivity contribution in [3.8, 4) is 5.75 Å². The van der Waals surface area contributed by atoms with Crippen molar-refractivity contribution in [3.05, 3.63) is 30.3 Å². The summed E-state index contributed by atoms with van der Waals surface area (Å²) in [7, 11) is 0. The minimum atomic E-state index is -0.130. The Labute approximate surface area is 119 Å². The van der Waals surface area contributed by atoms with Crippen LogP contribution in [0.1, 0.15) is 25.7 Å². The molecule has 1 aliphatic rings. The van der Waals surface area contributed by atoms with Gasteiger partial charge in [-0.3, -0.25) is 10.2 Å². The minimum Gasteiger partial charge on any atom is -0.426 e. The van der Waals surface area contributed by atoms with Crippen LogP contribution < -0.4 is 15.8 Å². The van der Waals surface area contributed by atoms with Crippen LogP contribution in [0.5, 0.6) is 5.75 Å².